The van der Waals surface area contributed by atoms with Crippen LogP contribution in [0.15, 0.2) is 48.5 Å². The van der Waals surface area contributed by atoms with Crippen LogP contribution in [0.5, 0.6) is 23.0 Å². The first-order chi connectivity index (χ1) is 11.5. The van der Waals surface area contributed by atoms with Gasteiger partial charge in [0.15, 0.2) is 0 Å². The molecule has 0 aliphatic rings. The Labute approximate surface area is 144 Å². The van der Waals surface area contributed by atoms with Gasteiger partial charge in [-0.2, -0.15) is 0 Å². The smallest absolute Gasteiger partial charge is 0.123 e. The molecular weight excluding hydrogens is 304 g/mol. The van der Waals surface area contributed by atoms with E-state index in [1.807, 2.05) is 69.3 Å². The van der Waals surface area contributed by atoms with Crippen LogP contribution in [0.3, 0.4) is 0 Å². The minimum absolute atomic E-state index is 0.217. The number of hydrogen-bond acceptors (Lipinski definition) is 4. The highest BCUT2D eigenvalue weighted by Crippen LogP contribution is 2.23. The average molecular weight is 330 g/mol. The van der Waals surface area contributed by atoms with Gasteiger partial charge in [-0.3, -0.25) is 0 Å². The molecule has 2 rings (SSSR count). The highest BCUT2D eigenvalue weighted by molar-refractivity contribution is 5.33. The van der Waals surface area contributed by atoms with Gasteiger partial charge < -0.3 is 18.9 Å². The van der Waals surface area contributed by atoms with Gasteiger partial charge in [0.2, 0.25) is 0 Å². The van der Waals surface area contributed by atoms with Gasteiger partial charge in [-0.25, -0.2) is 0 Å². The Hall–Kier alpha value is -2.36. The predicted octanol–water partition coefficient (Wildman–Crippen LogP) is 4.72. The Morgan fingerprint density at radius 2 is 1.33 bits per heavy atom. The molecule has 130 valence electrons. The third-order valence-electron chi connectivity index (χ3n) is 3.12. The van der Waals surface area contributed by atoms with Crippen LogP contribution >= 0.6 is 0 Å². The van der Waals surface area contributed by atoms with Gasteiger partial charge in [0.05, 0.1) is 20.3 Å². The van der Waals surface area contributed by atoms with Crippen LogP contribution in [-0.4, -0.2) is 25.9 Å². The molecule has 0 bridgehead atoms. The quantitative estimate of drug-likeness (QED) is 0.656. The SMILES string of the molecule is COc1ccc(OCCCOc2cccc(OC(C)(C)C)c2)cc1. The van der Waals surface area contributed by atoms with E-state index in [0.29, 0.717) is 13.2 Å². The predicted molar refractivity (Wildman–Crippen MR) is 95.4 cm³/mol. The van der Waals surface area contributed by atoms with Crippen LogP contribution < -0.4 is 18.9 Å². The molecule has 0 unspecified atom stereocenters. The molecule has 0 amide bonds. The van der Waals surface area contributed by atoms with Crippen LogP contribution in [0.2, 0.25) is 0 Å². The number of methoxy groups -OCH3 is 1. The molecule has 0 heterocycles. The Kier molecular flexibility index (Phi) is 6.36. The van der Waals surface area contributed by atoms with Crippen molar-refractivity contribution in [1.29, 1.82) is 0 Å². The molecule has 0 fully saturated rings. The van der Waals surface area contributed by atoms with E-state index in [0.717, 1.165) is 29.4 Å². The monoisotopic (exact) mass is 330 g/mol. The van der Waals surface area contributed by atoms with Crippen molar-refractivity contribution in [2.45, 2.75) is 32.8 Å². The van der Waals surface area contributed by atoms with Crippen molar-refractivity contribution >= 4 is 0 Å². The van der Waals surface area contributed by atoms with Gasteiger partial charge in [-0.05, 0) is 57.2 Å². The summed E-state index contributed by atoms with van der Waals surface area (Å²) in [4.78, 5) is 0. The first-order valence-electron chi connectivity index (χ1n) is 8.15. The summed E-state index contributed by atoms with van der Waals surface area (Å²) >= 11 is 0. The summed E-state index contributed by atoms with van der Waals surface area (Å²) in [6.07, 6.45) is 0.802. The zero-order valence-corrected chi connectivity index (χ0v) is 14.9. The highest BCUT2D eigenvalue weighted by atomic mass is 16.5. The molecule has 4 heteroatoms. The second-order valence-electron chi connectivity index (χ2n) is 6.42. The number of ether oxygens (including phenoxy) is 4. The topological polar surface area (TPSA) is 36.9 Å². The molecule has 0 N–H and O–H groups in total. The lowest BCUT2D eigenvalue weighted by molar-refractivity contribution is 0.130. The summed E-state index contributed by atoms with van der Waals surface area (Å²) in [6, 6.07) is 15.3. The van der Waals surface area contributed by atoms with Gasteiger partial charge in [0, 0.05) is 12.5 Å². The lowest BCUT2D eigenvalue weighted by Crippen LogP contribution is -2.22. The number of benzene rings is 2. The minimum Gasteiger partial charge on any atom is -0.497 e. The lowest BCUT2D eigenvalue weighted by atomic mass is 10.2. The van der Waals surface area contributed by atoms with E-state index in [4.69, 9.17) is 18.9 Å². The first-order valence-corrected chi connectivity index (χ1v) is 8.15. The molecule has 24 heavy (non-hydrogen) atoms. The first kappa shape index (κ1) is 18.0. The van der Waals surface area contributed by atoms with Gasteiger partial charge in [0.25, 0.3) is 0 Å². The van der Waals surface area contributed by atoms with Crippen molar-refractivity contribution in [3.8, 4) is 23.0 Å². The van der Waals surface area contributed by atoms with Crippen molar-refractivity contribution in [2.75, 3.05) is 20.3 Å². The van der Waals surface area contributed by atoms with Crippen molar-refractivity contribution in [3.05, 3.63) is 48.5 Å². The Morgan fingerprint density at radius 1 is 0.750 bits per heavy atom. The van der Waals surface area contributed by atoms with Crippen molar-refractivity contribution < 1.29 is 18.9 Å². The average Bonchev–Trinajstić information content (AvgIpc) is 2.54. The zero-order valence-electron chi connectivity index (χ0n) is 14.9. The van der Waals surface area contributed by atoms with Gasteiger partial charge in [0.1, 0.15) is 28.6 Å². The second-order valence-corrected chi connectivity index (χ2v) is 6.42. The van der Waals surface area contributed by atoms with Crippen molar-refractivity contribution in [2.24, 2.45) is 0 Å². The molecule has 0 aliphatic carbocycles. The third kappa shape index (κ3) is 6.41. The second kappa shape index (κ2) is 8.48. The Balaban J connectivity index is 1.71. The molecule has 0 saturated heterocycles. The minimum atomic E-state index is -0.217. The molecule has 0 atom stereocenters. The van der Waals surface area contributed by atoms with E-state index in [-0.39, 0.29) is 5.60 Å². The molecule has 0 radical (unpaired) electrons. The summed E-state index contributed by atoms with van der Waals surface area (Å²) < 4.78 is 22.4. The van der Waals surface area contributed by atoms with Crippen LogP contribution in [0.1, 0.15) is 27.2 Å². The largest absolute Gasteiger partial charge is 0.497 e. The maximum atomic E-state index is 5.83. The molecule has 0 saturated carbocycles. The summed E-state index contributed by atoms with van der Waals surface area (Å²) in [5, 5.41) is 0. The Bertz CT molecular complexity index is 614. The van der Waals surface area contributed by atoms with Crippen molar-refractivity contribution in [3.63, 3.8) is 0 Å². The summed E-state index contributed by atoms with van der Waals surface area (Å²) in [5.74, 6) is 3.27. The molecular formula is C20H26O4. The molecule has 2 aromatic carbocycles. The fraction of sp³-hybridized carbons (Fsp3) is 0.400. The fourth-order valence-corrected chi connectivity index (χ4v) is 2.09. The van der Waals surface area contributed by atoms with Crippen LogP contribution in [0, 0.1) is 0 Å². The van der Waals surface area contributed by atoms with Gasteiger partial charge in [-0.1, -0.05) is 6.07 Å². The molecule has 2 aromatic rings. The molecule has 0 aliphatic heterocycles. The van der Waals surface area contributed by atoms with E-state index in [9.17, 15) is 0 Å². The van der Waals surface area contributed by atoms with E-state index in [1.54, 1.807) is 7.11 Å². The summed E-state index contributed by atoms with van der Waals surface area (Å²) in [6.45, 7) is 7.27. The maximum absolute atomic E-state index is 5.83. The third-order valence-corrected chi connectivity index (χ3v) is 3.12. The van der Waals surface area contributed by atoms with E-state index in [1.165, 1.54) is 0 Å². The Morgan fingerprint density at radius 3 is 1.96 bits per heavy atom. The summed E-state index contributed by atoms with van der Waals surface area (Å²) in [5.41, 5.74) is -0.217. The van der Waals surface area contributed by atoms with Gasteiger partial charge >= 0.3 is 0 Å². The maximum Gasteiger partial charge on any atom is 0.123 e. The number of hydrogen-bond donors (Lipinski definition) is 0. The molecule has 4 nitrogen and oxygen atoms in total. The normalized spacial score (nSPS) is 11.0. The molecule has 0 spiro atoms. The van der Waals surface area contributed by atoms with Crippen LogP contribution in [0.4, 0.5) is 0 Å². The zero-order chi connectivity index (χ0) is 17.4. The van der Waals surface area contributed by atoms with Crippen LogP contribution in [-0.2, 0) is 0 Å². The van der Waals surface area contributed by atoms with E-state index < -0.39 is 0 Å². The highest BCUT2D eigenvalue weighted by Gasteiger charge is 2.11. The van der Waals surface area contributed by atoms with Crippen LogP contribution in [0.25, 0.3) is 0 Å². The summed E-state index contributed by atoms with van der Waals surface area (Å²) in [7, 11) is 1.65. The van der Waals surface area contributed by atoms with E-state index in [2.05, 4.69) is 0 Å². The number of rotatable bonds is 8. The lowest BCUT2D eigenvalue weighted by Gasteiger charge is -2.21. The van der Waals surface area contributed by atoms with E-state index >= 15 is 0 Å². The fourth-order valence-electron chi connectivity index (χ4n) is 2.09. The van der Waals surface area contributed by atoms with Gasteiger partial charge in [-0.15, -0.1) is 0 Å². The van der Waals surface area contributed by atoms with Crippen molar-refractivity contribution in [1.82, 2.24) is 0 Å². The molecule has 0 aromatic heterocycles. The standard InChI is InChI=1S/C20H26O4/c1-20(2,3)24-19-8-5-7-18(15-19)23-14-6-13-22-17-11-9-16(21-4)10-12-17/h5,7-12,15H,6,13-14H2,1-4H3.